The van der Waals surface area contributed by atoms with Crippen molar-refractivity contribution >= 4 is 17.5 Å². The summed E-state index contributed by atoms with van der Waals surface area (Å²) in [5, 5.41) is 15.9. The van der Waals surface area contributed by atoms with Gasteiger partial charge in [-0.1, -0.05) is 13.0 Å². The molecule has 2 amide bonds. The lowest BCUT2D eigenvalue weighted by Crippen LogP contribution is -2.22. The van der Waals surface area contributed by atoms with Crippen molar-refractivity contribution in [1.29, 1.82) is 0 Å². The number of anilines is 1. The minimum atomic E-state index is -0.113. The first kappa shape index (κ1) is 15.4. The van der Waals surface area contributed by atoms with Crippen LogP contribution in [0.1, 0.15) is 50.2 Å². The monoisotopic (exact) mass is 290 g/mol. The molecule has 1 aromatic rings. The van der Waals surface area contributed by atoms with Gasteiger partial charge >= 0.3 is 0 Å². The van der Waals surface area contributed by atoms with Crippen LogP contribution in [-0.2, 0) is 16.0 Å². The second-order valence-electron chi connectivity index (χ2n) is 5.44. The van der Waals surface area contributed by atoms with Crippen LogP contribution in [0.15, 0.2) is 12.1 Å². The molecule has 1 aliphatic carbocycles. The van der Waals surface area contributed by atoms with Crippen molar-refractivity contribution in [3.8, 4) is 5.75 Å². The Hall–Kier alpha value is -2.04. The summed E-state index contributed by atoms with van der Waals surface area (Å²) in [6.45, 7) is 3.87. The SMILES string of the molecule is CCC(=O)Nc1ccc2c(c1O)C(CCNC(C)=O)CC2. The average molecular weight is 290 g/mol. The minimum Gasteiger partial charge on any atom is -0.505 e. The highest BCUT2D eigenvalue weighted by atomic mass is 16.3. The van der Waals surface area contributed by atoms with E-state index in [1.165, 1.54) is 6.92 Å². The maximum Gasteiger partial charge on any atom is 0.224 e. The molecule has 0 radical (unpaired) electrons. The fourth-order valence-electron chi connectivity index (χ4n) is 2.85. The number of aryl methyl sites for hydroxylation is 1. The number of amides is 2. The zero-order valence-corrected chi connectivity index (χ0v) is 12.5. The largest absolute Gasteiger partial charge is 0.505 e. The van der Waals surface area contributed by atoms with Crippen LogP contribution < -0.4 is 10.6 Å². The van der Waals surface area contributed by atoms with Gasteiger partial charge in [0.05, 0.1) is 5.69 Å². The van der Waals surface area contributed by atoms with Gasteiger partial charge in [-0.2, -0.15) is 0 Å². The number of hydrogen-bond acceptors (Lipinski definition) is 3. The van der Waals surface area contributed by atoms with Crippen molar-refractivity contribution in [3.63, 3.8) is 0 Å². The Labute approximate surface area is 124 Å². The minimum absolute atomic E-state index is 0.0404. The molecular weight excluding hydrogens is 268 g/mol. The summed E-state index contributed by atoms with van der Waals surface area (Å²) in [6.07, 6.45) is 3.07. The van der Waals surface area contributed by atoms with Crippen molar-refractivity contribution in [1.82, 2.24) is 5.32 Å². The van der Waals surface area contributed by atoms with Crippen LogP contribution >= 0.6 is 0 Å². The summed E-state index contributed by atoms with van der Waals surface area (Å²) in [4.78, 5) is 22.4. The van der Waals surface area contributed by atoms with Gasteiger partial charge in [0.2, 0.25) is 11.8 Å². The van der Waals surface area contributed by atoms with Gasteiger partial charge < -0.3 is 15.7 Å². The number of nitrogens with one attached hydrogen (secondary N) is 2. The van der Waals surface area contributed by atoms with E-state index in [1.807, 2.05) is 6.07 Å². The molecular formula is C16H22N2O3. The number of fused-ring (bicyclic) bond motifs is 1. The molecule has 5 heteroatoms. The highest BCUT2D eigenvalue weighted by Gasteiger charge is 2.27. The van der Waals surface area contributed by atoms with E-state index in [1.54, 1.807) is 13.0 Å². The predicted molar refractivity (Wildman–Crippen MR) is 81.4 cm³/mol. The predicted octanol–water partition coefficient (Wildman–Crippen LogP) is 2.30. The summed E-state index contributed by atoms with van der Waals surface area (Å²) in [5.41, 5.74) is 2.54. The number of phenolic OH excluding ortho intramolecular Hbond substituents is 1. The first-order valence-electron chi connectivity index (χ1n) is 7.42. The molecule has 1 aliphatic rings. The van der Waals surface area contributed by atoms with Crippen molar-refractivity contribution in [2.45, 2.75) is 45.4 Å². The van der Waals surface area contributed by atoms with Gasteiger partial charge in [0.25, 0.3) is 0 Å². The topological polar surface area (TPSA) is 78.4 Å². The number of rotatable bonds is 5. The lowest BCUT2D eigenvalue weighted by molar-refractivity contribution is -0.119. The van der Waals surface area contributed by atoms with Crippen molar-refractivity contribution < 1.29 is 14.7 Å². The first-order chi connectivity index (χ1) is 10.0. The lowest BCUT2D eigenvalue weighted by atomic mass is 9.96. The number of hydrogen-bond donors (Lipinski definition) is 3. The Morgan fingerprint density at radius 2 is 2.14 bits per heavy atom. The Bertz CT molecular complexity index is 555. The molecule has 0 aliphatic heterocycles. The zero-order valence-electron chi connectivity index (χ0n) is 12.5. The Kier molecular flexibility index (Phi) is 4.83. The molecule has 2 rings (SSSR count). The molecule has 0 bridgehead atoms. The number of carbonyl (C=O) groups is 2. The van der Waals surface area contributed by atoms with Gasteiger partial charge in [-0.05, 0) is 36.8 Å². The highest BCUT2D eigenvalue weighted by Crippen LogP contribution is 2.44. The lowest BCUT2D eigenvalue weighted by Gasteiger charge is -2.16. The van der Waals surface area contributed by atoms with Gasteiger partial charge in [0.1, 0.15) is 5.75 Å². The summed E-state index contributed by atoms with van der Waals surface area (Å²) < 4.78 is 0. The molecule has 3 N–H and O–H groups in total. The van der Waals surface area contributed by atoms with Crippen molar-refractivity contribution in [2.24, 2.45) is 0 Å². The number of phenols is 1. The number of benzene rings is 1. The van der Waals surface area contributed by atoms with E-state index >= 15 is 0 Å². The Balaban J connectivity index is 2.15. The fraction of sp³-hybridized carbons (Fsp3) is 0.500. The molecule has 1 unspecified atom stereocenters. The van der Waals surface area contributed by atoms with E-state index in [2.05, 4.69) is 10.6 Å². The molecule has 0 saturated heterocycles. The molecule has 21 heavy (non-hydrogen) atoms. The Morgan fingerprint density at radius 3 is 2.81 bits per heavy atom. The van der Waals surface area contributed by atoms with Crippen LogP contribution in [0.4, 0.5) is 5.69 Å². The summed E-state index contributed by atoms with van der Waals surface area (Å²) >= 11 is 0. The molecule has 0 saturated carbocycles. The third-order valence-electron chi connectivity index (χ3n) is 3.94. The Morgan fingerprint density at radius 1 is 1.38 bits per heavy atom. The van der Waals surface area contributed by atoms with Gasteiger partial charge in [-0.15, -0.1) is 0 Å². The fourth-order valence-corrected chi connectivity index (χ4v) is 2.85. The van der Waals surface area contributed by atoms with Crippen molar-refractivity contribution in [2.75, 3.05) is 11.9 Å². The standard InChI is InChI=1S/C16H22N2O3/c1-3-14(20)18-13-7-6-11-4-5-12(15(11)16(13)21)8-9-17-10(2)19/h6-7,12,21H,3-5,8-9H2,1-2H3,(H,17,19)(H,18,20). The van der Waals surface area contributed by atoms with Crippen LogP contribution in [0.5, 0.6) is 5.75 Å². The van der Waals surface area contributed by atoms with Gasteiger partial charge in [-0.3, -0.25) is 9.59 Å². The quantitative estimate of drug-likeness (QED) is 0.728. The van der Waals surface area contributed by atoms with Gasteiger partial charge in [-0.25, -0.2) is 0 Å². The summed E-state index contributed by atoms with van der Waals surface area (Å²) in [5.74, 6) is 0.254. The summed E-state index contributed by atoms with van der Waals surface area (Å²) in [6, 6.07) is 3.73. The van der Waals surface area contributed by atoms with E-state index in [0.29, 0.717) is 18.7 Å². The van der Waals surface area contributed by atoms with Gasteiger partial charge in [0.15, 0.2) is 0 Å². The summed E-state index contributed by atoms with van der Waals surface area (Å²) in [7, 11) is 0. The average Bonchev–Trinajstić information content (AvgIpc) is 2.85. The van der Waals surface area contributed by atoms with Crippen LogP contribution in [-0.4, -0.2) is 23.5 Å². The second kappa shape index (κ2) is 6.61. The molecule has 1 aromatic carbocycles. The number of carbonyl (C=O) groups excluding carboxylic acids is 2. The molecule has 5 nitrogen and oxygen atoms in total. The van der Waals surface area contributed by atoms with Crippen molar-refractivity contribution in [3.05, 3.63) is 23.3 Å². The molecule has 0 aromatic heterocycles. The second-order valence-corrected chi connectivity index (χ2v) is 5.44. The maximum atomic E-state index is 11.5. The third-order valence-corrected chi connectivity index (χ3v) is 3.94. The third kappa shape index (κ3) is 3.54. The molecule has 0 fully saturated rings. The van der Waals surface area contributed by atoms with Crippen LogP contribution in [0.25, 0.3) is 0 Å². The van der Waals surface area contributed by atoms with E-state index in [0.717, 1.165) is 30.4 Å². The van der Waals surface area contributed by atoms with Gasteiger partial charge in [0, 0.05) is 25.5 Å². The van der Waals surface area contributed by atoms with E-state index < -0.39 is 0 Å². The van der Waals surface area contributed by atoms with E-state index in [-0.39, 0.29) is 23.5 Å². The molecule has 0 spiro atoms. The zero-order chi connectivity index (χ0) is 15.4. The molecule has 114 valence electrons. The first-order valence-corrected chi connectivity index (χ1v) is 7.42. The molecule has 0 heterocycles. The highest BCUT2D eigenvalue weighted by molar-refractivity contribution is 5.92. The normalized spacial score (nSPS) is 16.4. The molecule has 1 atom stereocenters. The van der Waals surface area contributed by atoms with E-state index in [4.69, 9.17) is 0 Å². The van der Waals surface area contributed by atoms with Crippen LogP contribution in [0, 0.1) is 0 Å². The smallest absolute Gasteiger partial charge is 0.224 e. The van der Waals surface area contributed by atoms with Crippen LogP contribution in [0.3, 0.4) is 0 Å². The maximum absolute atomic E-state index is 11.5. The number of aromatic hydroxyl groups is 1. The van der Waals surface area contributed by atoms with E-state index in [9.17, 15) is 14.7 Å². The van der Waals surface area contributed by atoms with Crippen LogP contribution in [0.2, 0.25) is 0 Å².